The Kier molecular flexibility index (Phi) is 4.11. The molecule has 0 bridgehead atoms. The van der Waals surface area contributed by atoms with E-state index in [4.69, 9.17) is 5.41 Å². The molecule has 2 atom stereocenters. The van der Waals surface area contributed by atoms with Gasteiger partial charge in [0.15, 0.2) is 0 Å². The van der Waals surface area contributed by atoms with Gasteiger partial charge in [-0.2, -0.15) is 0 Å². The van der Waals surface area contributed by atoms with E-state index < -0.39 is 0 Å². The lowest BCUT2D eigenvalue weighted by Gasteiger charge is -2.30. The Bertz CT molecular complexity index is 228. The van der Waals surface area contributed by atoms with Crippen LogP contribution < -0.4 is 0 Å². The number of nitrogens with one attached hydrogen (secondary N) is 1. The van der Waals surface area contributed by atoms with Gasteiger partial charge in [0.05, 0.1) is 11.9 Å². The second-order valence-electron chi connectivity index (χ2n) is 5.00. The molecule has 0 amide bonds. The van der Waals surface area contributed by atoms with Crippen LogP contribution in [0.2, 0.25) is 0 Å². The highest BCUT2D eigenvalue weighted by Crippen LogP contribution is 2.20. The van der Waals surface area contributed by atoms with Crippen molar-refractivity contribution in [1.82, 2.24) is 9.80 Å². The van der Waals surface area contributed by atoms with E-state index in [1.807, 2.05) is 27.9 Å². The lowest BCUT2D eigenvalue weighted by molar-refractivity contribution is 0.187. The van der Waals surface area contributed by atoms with E-state index in [9.17, 15) is 5.11 Å². The predicted molar refractivity (Wildman–Crippen MR) is 62.2 cm³/mol. The zero-order chi connectivity index (χ0) is 11.6. The normalized spacial score (nSPS) is 26.7. The number of aliphatic hydroxyl groups excluding tert-OH is 1. The van der Waals surface area contributed by atoms with E-state index >= 15 is 0 Å². The quantitative estimate of drug-likeness (QED) is 0.533. The van der Waals surface area contributed by atoms with Crippen molar-refractivity contribution < 1.29 is 5.11 Å². The van der Waals surface area contributed by atoms with Gasteiger partial charge in [-0.15, -0.1) is 0 Å². The van der Waals surface area contributed by atoms with Gasteiger partial charge in [0.25, 0.3) is 0 Å². The minimum atomic E-state index is -0.269. The fourth-order valence-corrected chi connectivity index (χ4v) is 2.11. The summed E-state index contributed by atoms with van der Waals surface area (Å²) in [6, 6.07) is 0.296. The molecule has 15 heavy (non-hydrogen) atoms. The number of hydrogen-bond donors (Lipinski definition) is 2. The Morgan fingerprint density at radius 1 is 1.53 bits per heavy atom. The van der Waals surface area contributed by atoms with Crippen molar-refractivity contribution in [3.63, 3.8) is 0 Å². The van der Waals surface area contributed by atoms with Crippen LogP contribution in [0.15, 0.2) is 0 Å². The van der Waals surface area contributed by atoms with Crippen LogP contribution in [0, 0.1) is 11.3 Å². The Balaban J connectivity index is 2.64. The standard InChI is InChI=1S/C11H23N3O/c1-8(2)11(12)14-7-10(15)5-9(14)6-13(3)4/h8-10,12,15H,5-7H2,1-4H3. The molecule has 4 nitrogen and oxygen atoms in total. The highest BCUT2D eigenvalue weighted by atomic mass is 16.3. The third-order valence-electron chi connectivity index (χ3n) is 2.82. The zero-order valence-corrected chi connectivity index (χ0v) is 10.2. The molecule has 0 saturated carbocycles. The molecule has 88 valence electrons. The number of β-amino-alcohol motifs (C(OH)–C–C–N with tert-alkyl or cyclic N) is 1. The highest BCUT2D eigenvalue weighted by Gasteiger charge is 2.33. The van der Waals surface area contributed by atoms with E-state index in [0.717, 1.165) is 13.0 Å². The second-order valence-corrected chi connectivity index (χ2v) is 5.00. The lowest BCUT2D eigenvalue weighted by atomic mass is 10.1. The molecule has 0 aliphatic carbocycles. The molecule has 2 N–H and O–H groups in total. The average molecular weight is 213 g/mol. The van der Waals surface area contributed by atoms with Crippen molar-refractivity contribution in [2.75, 3.05) is 27.2 Å². The number of amidine groups is 1. The van der Waals surface area contributed by atoms with E-state index in [-0.39, 0.29) is 12.0 Å². The first-order valence-corrected chi connectivity index (χ1v) is 5.59. The third-order valence-corrected chi connectivity index (χ3v) is 2.82. The largest absolute Gasteiger partial charge is 0.391 e. The number of rotatable bonds is 3. The maximum Gasteiger partial charge on any atom is 0.0987 e. The molecule has 1 aliphatic rings. The molecular formula is C11H23N3O. The summed E-state index contributed by atoms with van der Waals surface area (Å²) < 4.78 is 0. The fraction of sp³-hybridized carbons (Fsp3) is 0.909. The molecule has 1 rings (SSSR count). The summed E-state index contributed by atoms with van der Waals surface area (Å²) in [6.07, 6.45) is 0.516. The van der Waals surface area contributed by atoms with Gasteiger partial charge in [-0.3, -0.25) is 5.41 Å². The number of likely N-dealkylation sites (tertiary alicyclic amines) is 1. The SMILES string of the molecule is CC(C)C(=N)N1CC(O)CC1CN(C)C. The molecule has 1 heterocycles. The summed E-state index contributed by atoms with van der Waals surface area (Å²) in [7, 11) is 4.06. The van der Waals surface area contributed by atoms with Crippen molar-refractivity contribution in [2.45, 2.75) is 32.4 Å². The molecular weight excluding hydrogens is 190 g/mol. The lowest BCUT2D eigenvalue weighted by Crippen LogP contribution is -2.42. The highest BCUT2D eigenvalue weighted by molar-refractivity contribution is 5.81. The van der Waals surface area contributed by atoms with Crippen LogP contribution in [0.5, 0.6) is 0 Å². The number of aliphatic hydroxyl groups is 1. The van der Waals surface area contributed by atoms with Crippen LogP contribution in [-0.2, 0) is 0 Å². The van der Waals surface area contributed by atoms with E-state index in [1.165, 1.54) is 0 Å². The molecule has 0 radical (unpaired) electrons. The molecule has 0 aromatic rings. The molecule has 0 aromatic carbocycles. The van der Waals surface area contributed by atoms with Crippen molar-refractivity contribution in [1.29, 1.82) is 5.41 Å². The summed E-state index contributed by atoms with van der Waals surface area (Å²) in [6.45, 7) is 5.58. The first-order chi connectivity index (χ1) is 6.91. The molecule has 1 aliphatic heterocycles. The van der Waals surface area contributed by atoms with Gasteiger partial charge in [-0.05, 0) is 20.5 Å². The minimum absolute atomic E-state index is 0.236. The topological polar surface area (TPSA) is 50.6 Å². The summed E-state index contributed by atoms with van der Waals surface area (Å²) in [5.74, 6) is 0.887. The van der Waals surface area contributed by atoms with E-state index in [1.54, 1.807) is 0 Å². The van der Waals surface area contributed by atoms with Gasteiger partial charge in [0, 0.05) is 25.0 Å². The zero-order valence-electron chi connectivity index (χ0n) is 10.2. The molecule has 0 spiro atoms. The van der Waals surface area contributed by atoms with Gasteiger partial charge in [0.1, 0.15) is 0 Å². The van der Waals surface area contributed by atoms with Crippen molar-refractivity contribution in [3.8, 4) is 0 Å². The smallest absolute Gasteiger partial charge is 0.0987 e. The van der Waals surface area contributed by atoms with Gasteiger partial charge in [-0.1, -0.05) is 13.8 Å². The van der Waals surface area contributed by atoms with Crippen LogP contribution in [0.1, 0.15) is 20.3 Å². The average Bonchev–Trinajstić information content (AvgIpc) is 2.44. The predicted octanol–water partition coefficient (Wildman–Crippen LogP) is 0.616. The van der Waals surface area contributed by atoms with Gasteiger partial charge >= 0.3 is 0 Å². The number of hydrogen-bond acceptors (Lipinski definition) is 3. The first kappa shape index (κ1) is 12.5. The van der Waals surface area contributed by atoms with E-state index in [2.05, 4.69) is 9.80 Å². The Labute approximate surface area is 92.4 Å². The van der Waals surface area contributed by atoms with Crippen LogP contribution in [0.25, 0.3) is 0 Å². The Morgan fingerprint density at radius 3 is 2.60 bits per heavy atom. The number of likely N-dealkylation sites (N-methyl/N-ethyl adjacent to an activating group) is 1. The van der Waals surface area contributed by atoms with Crippen molar-refractivity contribution in [2.24, 2.45) is 5.92 Å². The molecule has 0 aromatic heterocycles. The first-order valence-electron chi connectivity index (χ1n) is 5.59. The maximum absolute atomic E-state index is 9.66. The minimum Gasteiger partial charge on any atom is -0.391 e. The Morgan fingerprint density at radius 2 is 2.13 bits per heavy atom. The van der Waals surface area contributed by atoms with Crippen LogP contribution in [-0.4, -0.2) is 60.1 Å². The Hall–Kier alpha value is -0.610. The molecule has 2 unspecified atom stereocenters. The second kappa shape index (κ2) is 4.94. The monoisotopic (exact) mass is 213 g/mol. The molecule has 1 saturated heterocycles. The van der Waals surface area contributed by atoms with Crippen LogP contribution in [0.4, 0.5) is 0 Å². The number of nitrogens with zero attached hydrogens (tertiary/aromatic N) is 2. The van der Waals surface area contributed by atoms with Crippen LogP contribution >= 0.6 is 0 Å². The summed E-state index contributed by atoms with van der Waals surface area (Å²) in [5, 5.41) is 17.7. The summed E-state index contributed by atoms with van der Waals surface area (Å²) >= 11 is 0. The van der Waals surface area contributed by atoms with Gasteiger partial charge in [-0.25, -0.2) is 0 Å². The summed E-state index contributed by atoms with van der Waals surface area (Å²) in [5.41, 5.74) is 0. The van der Waals surface area contributed by atoms with Crippen LogP contribution in [0.3, 0.4) is 0 Å². The molecule has 4 heteroatoms. The van der Waals surface area contributed by atoms with Gasteiger partial charge < -0.3 is 14.9 Å². The van der Waals surface area contributed by atoms with E-state index in [0.29, 0.717) is 18.4 Å². The fourth-order valence-electron chi connectivity index (χ4n) is 2.11. The van der Waals surface area contributed by atoms with Crippen molar-refractivity contribution in [3.05, 3.63) is 0 Å². The summed E-state index contributed by atoms with van der Waals surface area (Å²) in [4.78, 5) is 4.17. The third kappa shape index (κ3) is 3.18. The molecule has 1 fully saturated rings. The maximum atomic E-state index is 9.66. The van der Waals surface area contributed by atoms with Crippen molar-refractivity contribution >= 4 is 5.84 Å². The van der Waals surface area contributed by atoms with Gasteiger partial charge in [0.2, 0.25) is 0 Å².